The SMILES string of the molecule is CCOc1cccc(/C=C2\SC(=O)N(CC(=O)Nc3ccccc3Br)C2=O)c1OCC(=O)O. The van der Waals surface area contributed by atoms with E-state index in [9.17, 15) is 19.2 Å². The van der Waals surface area contributed by atoms with Gasteiger partial charge in [0.25, 0.3) is 11.1 Å². The number of halogens is 1. The number of aliphatic carboxylic acids is 1. The number of ether oxygens (including phenoxy) is 2. The van der Waals surface area contributed by atoms with Gasteiger partial charge in [-0.05, 0) is 58.9 Å². The maximum atomic E-state index is 12.8. The number of nitrogens with zero attached hydrogens (tertiary/aromatic N) is 1. The first-order valence-electron chi connectivity index (χ1n) is 9.70. The van der Waals surface area contributed by atoms with Gasteiger partial charge >= 0.3 is 5.97 Å². The largest absolute Gasteiger partial charge is 0.490 e. The van der Waals surface area contributed by atoms with Crippen LogP contribution in [0.1, 0.15) is 12.5 Å². The summed E-state index contributed by atoms with van der Waals surface area (Å²) in [6.07, 6.45) is 1.41. The van der Waals surface area contributed by atoms with Crippen LogP contribution in [0.25, 0.3) is 6.08 Å². The molecule has 0 atom stereocenters. The van der Waals surface area contributed by atoms with Crippen molar-refractivity contribution in [3.05, 3.63) is 57.4 Å². The van der Waals surface area contributed by atoms with E-state index in [0.29, 0.717) is 39.8 Å². The molecule has 3 rings (SSSR count). The molecule has 1 aliphatic heterocycles. The van der Waals surface area contributed by atoms with E-state index in [1.165, 1.54) is 6.08 Å². The molecule has 0 unspecified atom stereocenters. The summed E-state index contributed by atoms with van der Waals surface area (Å²) in [6, 6.07) is 11.8. The van der Waals surface area contributed by atoms with Gasteiger partial charge < -0.3 is 19.9 Å². The monoisotopic (exact) mass is 534 g/mol. The minimum atomic E-state index is -1.18. The lowest BCUT2D eigenvalue weighted by Gasteiger charge is -2.14. The van der Waals surface area contributed by atoms with E-state index in [0.717, 1.165) is 4.90 Å². The quantitative estimate of drug-likeness (QED) is 0.463. The third-order valence-electron chi connectivity index (χ3n) is 4.26. The number of anilines is 1. The number of benzene rings is 2. The fraction of sp³-hybridized carbons (Fsp3) is 0.182. The Bertz CT molecular complexity index is 1140. The molecule has 0 aromatic heterocycles. The molecule has 33 heavy (non-hydrogen) atoms. The summed E-state index contributed by atoms with van der Waals surface area (Å²) in [5, 5.41) is 11.0. The lowest BCUT2D eigenvalue weighted by atomic mass is 10.1. The minimum absolute atomic E-state index is 0.0718. The molecule has 1 heterocycles. The van der Waals surface area contributed by atoms with Crippen molar-refractivity contribution in [2.75, 3.05) is 25.1 Å². The molecule has 9 nitrogen and oxygen atoms in total. The predicted octanol–water partition coefficient (Wildman–Crippen LogP) is 3.99. The third kappa shape index (κ3) is 6.14. The highest BCUT2D eigenvalue weighted by atomic mass is 79.9. The number of carboxylic acid groups (broad SMARTS) is 1. The zero-order chi connectivity index (χ0) is 24.0. The summed E-state index contributed by atoms with van der Waals surface area (Å²) >= 11 is 4.00. The Kier molecular flexibility index (Phi) is 8.12. The summed E-state index contributed by atoms with van der Waals surface area (Å²) in [5.41, 5.74) is 0.878. The van der Waals surface area contributed by atoms with Crippen LogP contribution in [0, 0.1) is 0 Å². The zero-order valence-corrected chi connectivity index (χ0v) is 19.8. The molecule has 2 aromatic carbocycles. The summed E-state index contributed by atoms with van der Waals surface area (Å²) in [7, 11) is 0. The van der Waals surface area contributed by atoms with Crippen molar-refractivity contribution in [2.24, 2.45) is 0 Å². The van der Waals surface area contributed by atoms with E-state index in [4.69, 9.17) is 14.6 Å². The highest BCUT2D eigenvalue weighted by Gasteiger charge is 2.36. The van der Waals surface area contributed by atoms with Gasteiger partial charge in [-0.15, -0.1) is 0 Å². The molecule has 1 saturated heterocycles. The van der Waals surface area contributed by atoms with Gasteiger partial charge in [0, 0.05) is 10.0 Å². The molecule has 0 radical (unpaired) electrons. The van der Waals surface area contributed by atoms with Crippen LogP contribution in [0.15, 0.2) is 51.8 Å². The Morgan fingerprint density at radius 3 is 2.61 bits per heavy atom. The summed E-state index contributed by atoms with van der Waals surface area (Å²) in [6.45, 7) is 1.01. The number of nitrogens with one attached hydrogen (secondary N) is 1. The van der Waals surface area contributed by atoms with Gasteiger partial charge in [0.15, 0.2) is 18.1 Å². The maximum Gasteiger partial charge on any atom is 0.341 e. The first kappa shape index (κ1) is 24.3. The van der Waals surface area contributed by atoms with Crippen molar-refractivity contribution >= 4 is 62.5 Å². The fourth-order valence-electron chi connectivity index (χ4n) is 2.88. The number of imide groups is 1. The van der Waals surface area contributed by atoms with E-state index >= 15 is 0 Å². The minimum Gasteiger partial charge on any atom is -0.490 e. The number of para-hydroxylation sites is 2. The van der Waals surface area contributed by atoms with Gasteiger partial charge in [-0.3, -0.25) is 19.3 Å². The van der Waals surface area contributed by atoms with Gasteiger partial charge in [0.2, 0.25) is 5.91 Å². The van der Waals surface area contributed by atoms with Crippen LogP contribution in [-0.2, 0) is 14.4 Å². The number of hydrogen-bond acceptors (Lipinski definition) is 7. The summed E-state index contributed by atoms with van der Waals surface area (Å²) < 4.78 is 11.5. The Labute approximate surface area is 201 Å². The van der Waals surface area contributed by atoms with Gasteiger partial charge in [-0.2, -0.15) is 0 Å². The van der Waals surface area contributed by atoms with Gasteiger partial charge in [-0.25, -0.2) is 4.79 Å². The molecule has 11 heteroatoms. The number of hydrogen-bond donors (Lipinski definition) is 2. The third-order valence-corrected chi connectivity index (χ3v) is 5.86. The molecular weight excluding hydrogens is 516 g/mol. The van der Waals surface area contributed by atoms with Crippen molar-refractivity contribution in [3.8, 4) is 11.5 Å². The number of carbonyl (C=O) groups is 4. The Morgan fingerprint density at radius 1 is 1.15 bits per heavy atom. The number of rotatable bonds is 9. The fourth-order valence-corrected chi connectivity index (χ4v) is 4.09. The standard InChI is InChI=1S/C22H19BrN2O7S/c1-2-31-16-9-5-6-13(20(16)32-12-19(27)28)10-17-21(29)25(22(30)33-17)11-18(26)24-15-8-4-3-7-14(15)23/h3-10H,2,11-12H2,1H3,(H,24,26)(H,27,28)/b17-10-. The highest BCUT2D eigenvalue weighted by molar-refractivity contribution is 9.10. The molecule has 3 amide bonds. The van der Waals surface area contributed by atoms with Crippen molar-refractivity contribution < 1.29 is 33.8 Å². The molecule has 1 fully saturated rings. The van der Waals surface area contributed by atoms with Crippen LogP contribution in [0.4, 0.5) is 10.5 Å². The van der Waals surface area contributed by atoms with E-state index in [2.05, 4.69) is 21.2 Å². The van der Waals surface area contributed by atoms with E-state index in [1.54, 1.807) is 49.4 Å². The molecule has 0 aliphatic carbocycles. The summed E-state index contributed by atoms with van der Waals surface area (Å²) in [5.74, 6) is -1.91. The van der Waals surface area contributed by atoms with Gasteiger partial charge in [-0.1, -0.05) is 24.3 Å². The van der Waals surface area contributed by atoms with Crippen molar-refractivity contribution in [2.45, 2.75) is 6.92 Å². The highest BCUT2D eigenvalue weighted by Crippen LogP contribution is 2.37. The molecule has 0 saturated carbocycles. The average molecular weight is 535 g/mol. The van der Waals surface area contributed by atoms with Gasteiger partial charge in [0.1, 0.15) is 6.54 Å². The number of amides is 3. The van der Waals surface area contributed by atoms with Crippen molar-refractivity contribution in [1.29, 1.82) is 0 Å². The smallest absolute Gasteiger partial charge is 0.341 e. The Hall–Kier alpha value is -3.31. The first-order chi connectivity index (χ1) is 15.8. The number of carboxylic acids is 1. The Morgan fingerprint density at radius 2 is 1.91 bits per heavy atom. The molecule has 172 valence electrons. The van der Waals surface area contributed by atoms with Crippen LogP contribution in [0.3, 0.4) is 0 Å². The maximum absolute atomic E-state index is 12.8. The predicted molar refractivity (Wildman–Crippen MR) is 126 cm³/mol. The van der Waals surface area contributed by atoms with Crippen LogP contribution < -0.4 is 14.8 Å². The number of thioether (sulfide) groups is 1. The topological polar surface area (TPSA) is 122 Å². The zero-order valence-electron chi connectivity index (χ0n) is 17.4. The normalized spacial score (nSPS) is 14.5. The van der Waals surface area contributed by atoms with E-state index < -0.39 is 36.2 Å². The van der Waals surface area contributed by atoms with Crippen LogP contribution in [0.2, 0.25) is 0 Å². The van der Waals surface area contributed by atoms with E-state index in [1.807, 2.05) is 0 Å². The molecule has 2 aromatic rings. The molecule has 0 spiro atoms. The second kappa shape index (κ2) is 11.0. The molecular formula is C22H19BrN2O7S. The van der Waals surface area contributed by atoms with E-state index in [-0.39, 0.29) is 10.7 Å². The van der Waals surface area contributed by atoms with Crippen molar-refractivity contribution in [3.63, 3.8) is 0 Å². The molecule has 0 bridgehead atoms. The van der Waals surface area contributed by atoms with Crippen LogP contribution >= 0.6 is 27.7 Å². The molecule has 2 N–H and O–H groups in total. The lowest BCUT2D eigenvalue weighted by Crippen LogP contribution is -2.36. The first-order valence-corrected chi connectivity index (χ1v) is 11.3. The summed E-state index contributed by atoms with van der Waals surface area (Å²) in [4.78, 5) is 49.5. The van der Waals surface area contributed by atoms with Crippen LogP contribution in [0.5, 0.6) is 11.5 Å². The second-order valence-corrected chi connectivity index (χ2v) is 8.43. The molecule has 1 aliphatic rings. The van der Waals surface area contributed by atoms with Crippen LogP contribution in [-0.4, -0.2) is 52.8 Å². The van der Waals surface area contributed by atoms with Gasteiger partial charge in [0.05, 0.1) is 17.2 Å². The number of carbonyl (C=O) groups excluding carboxylic acids is 3. The Balaban J connectivity index is 1.80. The second-order valence-electron chi connectivity index (χ2n) is 6.59. The van der Waals surface area contributed by atoms with Crippen molar-refractivity contribution in [1.82, 2.24) is 4.90 Å². The average Bonchev–Trinajstić information content (AvgIpc) is 3.02. The lowest BCUT2D eigenvalue weighted by molar-refractivity contribution is -0.139.